The number of nitrogens with one attached hydrogen (secondary N) is 1. The molecule has 0 aliphatic rings. The highest BCUT2D eigenvalue weighted by molar-refractivity contribution is 6.33. The molecule has 0 radical (unpaired) electrons. The van der Waals surface area contributed by atoms with Crippen molar-refractivity contribution >= 4 is 17.5 Å². The molecular formula is C14H22ClN3O2. The van der Waals surface area contributed by atoms with Crippen LogP contribution in [0.25, 0.3) is 0 Å². The van der Waals surface area contributed by atoms with Gasteiger partial charge in [-0.3, -0.25) is 4.79 Å². The molecule has 5 nitrogen and oxygen atoms in total. The van der Waals surface area contributed by atoms with E-state index in [-0.39, 0.29) is 34.6 Å². The van der Waals surface area contributed by atoms with Gasteiger partial charge in [-0.05, 0) is 11.8 Å². The number of hydrogen-bond acceptors (Lipinski definition) is 4. The zero-order valence-electron chi connectivity index (χ0n) is 12.4. The minimum absolute atomic E-state index is 0.0919. The van der Waals surface area contributed by atoms with Crippen LogP contribution >= 0.6 is 11.6 Å². The minimum Gasteiger partial charge on any atom is -0.396 e. The van der Waals surface area contributed by atoms with Gasteiger partial charge >= 0.3 is 0 Å². The third-order valence-electron chi connectivity index (χ3n) is 3.01. The van der Waals surface area contributed by atoms with E-state index in [1.165, 1.54) is 6.20 Å². The molecule has 20 heavy (non-hydrogen) atoms. The van der Waals surface area contributed by atoms with Gasteiger partial charge in [-0.25, -0.2) is 9.97 Å². The van der Waals surface area contributed by atoms with Crippen LogP contribution < -0.4 is 5.32 Å². The fourth-order valence-electron chi connectivity index (χ4n) is 1.61. The molecule has 0 fully saturated rings. The lowest BCUT2D eigenvalue weighted by atomic mass is 9.90. The number of carbonyl (C=O) groups excluding carboxylic acids is 1. The quantitative estimate of drug-likeness (QED) is 0.846. The van der Waals surface area contributed by atoms with Crippen molar-refractivity contribution < 1.29 is 9.90 Å². The number of aliphatic hydroxyl groups is 1. The van der Waals surface area contributed by atoms with Crippen LogP contribution in [0.1, 0.15) is 56.3 Å². The number of aromatic nitrogens is 2. The third kappa shape index (κ3) is 4.72. The highest BCUT2D eigenvalue weighted by Gasteiger charge is 2.21. The summed E-state index contributed by atoms with van der Waals surface area (Å²) in [4.78, 5) is 20.5. The van der Waals surface area contributed by atoms with E-state index in [2.05, 4.69) is 15.3 Å². The third-order valence-corrected chi connectivity index (χ3v) is 3.29. The summed E-state index contributed by atoms with van der Waals surface area (Å²) < 4.78 is 0. The van der Waals surface area contributed by atoms with E-state index in [1.54, 1.807) is 0 Å². The number of rotatable bonds is 6. The summed E-state index contributed by atoms with van der Waals surface area (Å²) in [6.07, 6.45) is 2.07. The number of amides is 1. The Balaban J connectivity index is 2.80. The first-order valence-electron chi connectivity index (χ1n) is 6.68. The summed E-state index contributed by atoms with van der Waals surface area (Å²) in [7, 11) is 0. The standard InChI is InChI=1S/C14H22ClN3O2/c1-9(2)12-16-7-10(15)11(18-12)13(20)17-8-14(3,4)5-6-19/h7,9,19H,5-6,8H2,1-4H3,(H,17,20). The molecule has 0 aliphatic carbocycles. The highest BCUT2D eigenvalue weighted by Crippen LogP contribution is 2.19. The second-order valence-electron chi connectivity index (χ2n) is 5.90. The highest BCUT2D eigenvalue weighted by atomic mass is 35.5. The van der Waals surface area contributed by atoms with E-state index in [0.717, 1.165) is 0 Å². The van der Waals surface area contributed by atoms with Crippen LogP contribution in [-0.4, -0.2) is 34.1 Å². The molecule has 0 atom stereocenters. The zero-order valence-corrected chi connectivity index (χ0v) is 13.2. The summed E-state index contributed by atoms with van der Waals surface area (Å²) in [6.45, 7) is 8.40. The molecule has 0 saturated heterocycles. The lowest BCUT2D eigenvalue weighted by Crippen LogP contribution is -2.35. The zero-order chi connectivity index (χ0) is 15.3. The van der Waals surface area contributed by atoms with Gasteiger partial charge in [0.2, 0.25) is 0 Å². The summed E-state index contributed by atoms with van der Waals surface area (Å²) in [5.74, 6) is 0.407. The first kappa shape index (κ1) is 16.9. The van der Waals surface area contributed by atoms with Crippen molar-refractivity contribution in [2.45, 2.75) is 40.0 Å². The first-order valence-corrected chi connectivity index (χ1v) is 7.06. The number of hydrogen-bond donors (Lipinski definition) is 2. The van der Waals surface area contributed by atoms with E-state index in [0.29, 0.717) is 18.8 Å². The van der Waals surface area contributed by atoms with Crippen LogP contribution in [0.15, 0.2) is 6.20 Å². The fourth-order valence-corrected chi connectivity index (χ4v) is 1.79. The number of aliphatic hydroxyl groups excluding tert-OH is 1. The molecule has 0 aromatic carbocycles. The largest absolute Gasteiger partial charge is 0.396 e. The Morgan fingerprint density at radius 2 is 2.15 bits per heavy atom. The normalized spacial score (nSPS) is 11.8. The average molecular weight is 300 g/mol. The van der Waals surface area contributed by atoms with Crippen LogP contribution in [0, 0.1) is 5.41 Å². The van der Waals surface area contributed by atoms with Crippen molar-refractivity contribution in [3.05, 3.63) is 22.7 Å². The molecule has 1 heterocycles. The van der Waals surface area contributed by atoms with Gasteiger partial charge in [-0.2, -0.15) is 0 Å². The molecule has 1 aromatic heterocycles. The van der Waals surface area contributed by atoms with Crippen molar-refractivity contribution in [1.29, 1.82) is 0 Å². The second kappa shape index (κ2) is 6.99. The lowest BCUT2D eigenvalue weighted by molar-refractivity contribution is 0.0923. The Hall–Kier alpha value is -1.20. The van der Waals surface area contributed by atoms with E-state index in [9.17, 15) is 4.79 Å². The molecule has 2 N–H and O–H groups in total. The maximum absolute atomic E-state index is 12.1. The van der Waals surface area contributed by atoms with E-state index in [1.807, 2.05) is 27.7 Å². The van der Waals surface area contributed by atoms with Crippen molar-refractivity contribution in [3.8, 4) is 0 Å². The van der Waals surface area contributed by atoms with Gasteiger partial charge in [0.25, 0.3) is 5.91 Å². The van der Waals surface area contributed by atoms with Crippen molar-refractivity contribution in [2.75, 3.05) is 13.2 Å². The minimum atomic E-state index is -0.315. The first-order chi connectivity index (χ1) is 9.26. The summed E-state index contributed by atoms with van der Waals surface area (Å²) in [6, 6.07) is 0. The molecule has 6 heteroatoms. The van der Waals surface area contributed by atoms with Gasteiger partial charge in [-0.1, -0.05) is 39.3 Å². The Morgan fingerprint density at radius 3 is 2.70 bits per heavy atom. The molecule has 1 aromatic rings. The number of halogens is 1. The average Bonchev–Trinajstić information content (AvgIpc) is 2.36. The Bertz CT molecular complexity index is 475. The maximum atomic E-state index is 12.1. The molecule has 0 saturated carbocycles. The summed E-state index contributed by atoms with van der Waals surface area (Å²) >= 11 is 5.98. The van der Waals surface area contributed by atoms with Gasteiger partial charge in [0.1, 0.15) is 11.5 Å². The smallest absolute Gasteiger partial charge is 0.271 e. The molecule has 1 rings (SSSR count). The number of carbonyl (C=O) groups is 1. The van der Waals surface area contributed by atoms with Crippen molar-refractivity contribution in [3.63, 3.8) is 0 Å². The molecular weight excluding hydrogens is 278 g/mol. The van der Waals surface area contributed by atoms with Gasteiger partial charge in [0.15, 0.2) is 0 Å². The van der Waals surface area contributed by atoms with Crippen LogP contribution in [0.3, 0.4) is 0 Å². The Kier molecular flexibility index (Phi) is 5.89. The van der Waals surface area contributed by atoms with Crippen LogP contribution in [0.2, 0.25) is 5.02 Å². The van der Waals surface area contributed by atoms with Gasteiger partial charge in [-0.15, -0.1) is 0 Å². The predicted octanol–water partition coefficient (Wildman–Crippen LogP) is 2.39. The molecule has 112 valence electrons. The molecule has 1 amide bonds. The van der Waals surface area contributed by atoms with Crippen molar-refractivity contribution in [2.24, 2.45) is 5.41 Å². The maximum Gasteiger partial charge on any atom is 0.271 e. The predicted molar refractivity (Wildman–Crippen MR) is 78.9 cm³/mol. The van der Waals surface area contributed by atoms with E-state index >= 15 is 0 Å². The van der Waals surface area contributed by atoms with E-state index in [4.69, 9.17) is 16.7 Å². The van der Waals surface area contributed by atoms with Crippen LogP contribution in [0.5, 0.6) is 0 Å². The topological polar surface area (TPSA) is 75.1 Å². The van der Waals surface area contributed by atoms with Crippen LogP contribution in [-0.2, 0) is 0 Å². The Morgan fingerprint density at radius 1 is 1.50 bits per heavy atom. The summed E-state index contributed by atoms with van der Waals surface area (Å²) in [5.41, 5.74) is 0.0234. The lowest BCUT2D eigenvalue weighted by Gasteiger charge is -2.23. The van der Waals surface area contributed by atoms with Gasteiger partial charge in [0, 0.05) is 19.1 Å². The molecule has 0 aliphatic heterocycles. The SMILES string of the molecule is CC(C)c1ncc(Cl)c(C(=O)NCC(C)(C)CCO)n1. The monoisotopic (exact) mass is 299 g/mol. The second-order valence-corrected chi connectivity index (χ2v) is 6.31. The van der Waals surface area contributed by atoms with Gasteiger partial charge < -0.3 is 10.4 Å². The van der Waals surface area contributed by atoms with Crippen LogP contribution in [0.4, 0.5) is 0 Å². The fraction of sp³-hybridized carbons (Fsp3) is 0.643. The van der Waals surface area contributed by atoms with Gasteiger partial charge in [0.05, 0.1) is 11.2 Å². The molecule has 0 unspecified atom stereocenters. The Labute approximate surface area is 124 Å². The van der Waals surface area contributed by atoms with Crippen molar-refractivity contribution in [1.82, 2.24) is 15.3 Å². The van der Waals surface area contributed by atoms with E-state index < -0.39 is 0 Å². The number of nitrogens with zero attached hydrogens (tertiary/aromatic N) is 2. The summed E-state index contributed by atoms with van der Waals surface area (Å²) in [5, 5.41) is 12.0. The molecule has 0 spiro atoms. The molecule has 0 bridgehead atoms.